The van der Waals surface area contributed by atoms with Gasteiger partial charge in [-0.15, -0.1) is 0 Å². The number of hydrogen-bond donors (Lipinski definition) is 1. The fourth-order valence-corrected chi connectivity index (χ4v) is 4.17. The zero-order chi connectivity index (χ0) is 22.2. The van der Waals surface area contributed by atoms with Crippen LogP contribution in [-0.2, 0) is 11.3 Å². The first-order valence-electron chi connectivity index (χ1n) is 10.6. The zero-order valence-electron chi connectivity index (χ0n) is 18.3. The van der Waals surface area contributed by atoms with Crippen molar-refractivity contribution in [3.8, 4) is 17.1 Å². The Bertz CT molecular complexity index is 1190. The minimum Gasteiger partial charge on any atom is -0.496 e. The Hall–Kier alpha value is -3.65. The Morgan fingerprint density at radius 1 is 1.16 bits per heavy atom. The number of hydrogen-bond acceptors (Lipinski definition) is 7. The number of methoxy groups -OCH3 is 1. The molecule has 0 saturated carbocycles. The second kappa shape index (κ2) is 8.12. The first-order chi connectivity index (χ1) is 15.5. The van der Waals surface area contributed by atoms with Crippen molar-refractivity contribution >= 4 is 5.91 Å². The summed E-state index contributed by atoms with van der Waals surface area (Å²) in [7, 11) is 1.60. The summed E-state index contributed by atoms with van der Waals surface area (Å²) in [6.07, 6.45) is 4.34. The first-order valence-corrected chi connectivity index (χ1v) is 10.6. The number of fused-ring (bicyclic) bond motifs is 1. The van der Waals surface area contributed by atoms with Gasteiger partial charge in [0.1, 0.15) is 18.3 Å². The fraction of sp³-hybridized carbons (Fsp3) is 0.292. The molecule has 5 rings (SSSR count). The van der Waals surface area contributed by atoms with Crippen LogP contribution in [0, 0.1) is 13.8 Å². The Kier molecular flexibility index (Phi) is 5.14. The second-order valence-corrected chi connectivity index (χ2v) is 8.16. The van der Waals surface area contributed by atoms with Gasteiger partial charge in [-0.2, -0.15) is 4.98 Å². The molecule has 8 nitrogen and oxygen atoms in total. The molecule has 1 N–H and O–H groups in total. The number of aromatic nitrogens is 2. The van der Waals surface area contributed by atoms with Crippen LogP contribution in [0.4, 0.5) is 0 Å². The van der Waals surface area contributed by atoms with E-state index in [0.29, 0.717) is 23.9 Å². The van der Waals surface area contributed by atoms with E-state index >= 15 is 0 Å². The highest BCUT2D eigenvalue weighted by Crippen LogP contribution is 2.32. The van der Waals surface area contributed by atoms with Crippen molar-refractivity contribution in [1.29, 1.82) is 0 Å². The van der Waals surface area contributed by atoms with E-state index in [2.05, 4.69) is 47.6 Å². The van der Waals surface area contributed by atoms with Crippen molar-refractivity contribution in [2.24, 2.45) is 0 Å². The van der Waals surface area contributed by atoms with E-state index in [-0.39, 0.29) is 24.5 Å². The number of aryl methyl sites for hydroxylation is 2. The van der Waals surface area contributed by atoms with Crippen LogP contribution < -0.4 is 10.2 Å². The second-order valence-electron chi connectivity index (χ2n) is 8.16. The normalized spacial score (nSPS) is 20.0. The standard InChI is InChI=1S/C24H25N5O3/c1-15-8-9-17(12-16(15)2)19-13-20-24(30)28(10-11-29(20)26-19)14-22-25-23(27-32-22)18-6-4-5-7-21(18)31-3/h4-12,19-20,26H,13-14H2,1-3H3. The van der Waals surface area contributed by atoms with Gasteiger partial charge in [-0.25, -0.2) is 5.43 Å². The zero-order valence-corrected chi connectivity index (χ0v) is 18.3. The molecule has 1 fully saturated rings. The first kappa shape index (κ1) is 20.3. The summed E-state index contributed by atoms with van der Waals surface area (Å²) in [5, 5.41) is 5.96. The van der Waals surface area contributed by atoms with Crippen LogP contribution in [0.2, 0.25) is 0 Å². The number of carbonyl (C=O) groups excluding carboxylic acids is 1. The number of hydrazine groups is 1. The SMILES string of the molecule is COc1ccccc1-c1noc(CN2C=CN3NC(c4ccc(C)c(C)c4)CC3C2=O)n1. The number of nitrogens with one attached hydrogen (secondary N) is 1. The van der Waals surface area contributed by atoms with E-state index in [4.69, 9.17) is 9.26 Å². The summed E-state index contributed by atoms with van der Waals surface area (Å²) in [6.45, 7) is 4.43. The molecule has 2 aliphatic rings. The molecule has 0 radical (unpaired) electrons. The minimum atomic E-state index is -0.275. The van der Waals surface area contributed by atoms with E-state index in [1.807, 2.05) is 35.5 Å². The maximum absolute atomic E-state index is 13.2. The molecule has 8 heteroatoms. The van der Waals surface area contributed by atoms with Crippen LogP contribution in [0.15, 0.2) is 59.4 Å². The molecule has 2 unspecified atom stereocenters. The summed E-state index contributed by atoms with van der Waals surface area (Å²) >= 11 is 0. The van der Waals surface area contributed by atoms with Gasteiger partial charge in [0.15, 0.2) is 0 Å². The Morgan fingerprint density at radius 3 is 2.81 bits per heavy atom. The van der Waals surface area contributed by atoms with Crippen LogP contribution in [0.5, 0.6) is 5.75 Å². The van der Waals surface area contributed by atoms with Gasteiger partial charge in [0.2, 0.25) is 11.7 Å². The topological polar surface area (TPSA) is 83.7 Å². The summed E-state index contributed by atoms with van der Waals surface area (Å²) < 4.78 is 10.8. The van der Waals surface area contributed by atoms with Crippen LogP contribution in [0.1, 0.15) is 35.0 Å². The van der Waals surface area contributed by atoms with E-state index < -0.39 is 0 Å². The van der Waals surface area contributed by atoms with E-state index in [1.165, 1.54) is 16.7 Å². The summed E-state index contributed by atoms with van der Waals surface area (Å²) in [5.74, 6) is 1.47. The van der Waals surface area contributed by atoms with Crippen LogP contribution in [-0.4, -0.2) is 39.1 Å². The molecule has 3 aromatic rings. The number of carbonyl (C=O) groups is 1. The lowest BCUT2D eigenvalue weighted by atomic mass is 9.97. The molecule has 1 amide bonds. The summed E-state index contributed by atoms with van der Waals surface area (Å²) in [6, 6.07) is 13.7. The number of benzene rings is 2. The maximum Gasteiger partial charge on any atom is 0.251 e. The summed E-state index contributed by atoms with van der Waals surface area (Å²) in [4.78, 5) is 19.3. The number of para-hydroxylation sites is 1. The third-order valence-corrected chi connectivity index (χ3v) is 6.13. The van der Waals surface area contributed by atoms with Crippen molar-refractivity contribution in [3.05, 3.63) is 77.4 Å². The molecule has 0 spiro atoms. The predicted octanol–water partition coefficient (Wildman–Crippen LogP) is 3.50. The molecule has 164 valence electrons. The van der Waals surface area contributed by atoms with Gasteiger partial charge in [0.05, 0.1) is 18.7 Å². The Balaban J connectivity index is 1.30. The lowest BCUT2D eigenvalue weighted by Crippen LogP contribution is -2.47. The lowest BCUT2D eigenvalue weighted by molar-refractivity contribution is -0.135. The molecule has 2 aromatic carbocycles. The molecule has 3 heterocycles. The number of amides is 1. The van der Waals surface area contributed by atoms with Gasteiger partial charge in [-0.3, -0.25) is 4.79 Å². The van der Waals surface area contributed by atoms with Gasteiger partial charge in [-0.1, -0.05) is 35.5 Å². The number of rotatable bonds is 5. The van der Waals surface area contributed by atoms with Gasteiger partial charge < -0.3 is 19.2 Å². The van der Waals surface area contributed by atoms with Crippen molar-refractivity contribution in [3.63, 3.8) is 0 Å². The van der Waals surface area contributed by atoms with Gasteiger partial charge in [-0.05, 0) is 49.1 Å². The number of nitrogens with zero attached hydrogens (tertiary/aromatic N) is 4. The highest BCUT2D eigenvalue weighted by atomic mass is 16.5. The Morgan fingerprint density at radius 2 is 2.00 bits per heavy atom. The lowest BCUT2D eigenvalue weighted by Gasteiger charge is -2.30. The highest BCUT2D eigenvalue weighted by Gasteiger charge is 2.40. The van der Waals surface area contributed by atoms with Crippen LogP contribution >= 0.6 is 0 Å². The smallest absolute Gasteiger partial charge is 0.251 e. The molecular formula is C24H25N5O3. The van der Waals surface area contributed by atoms with Crippen LogP contribution in [0.25, 0.3) is 11.4 Å². The molecular weight excluding hydrogens is 406 g/mol. The average molecular weight is 431 g/mol. The Labute approximate surface area is 186 Å². The molecule has 1 saturated heterocycles. The monoisotopic (exact) mass is 431 g/mol. The van der Waals surface area contributed by atoms with Crippen LogP contribution in [0.3, 0.4) is 0 Å². The molecule has 1 aromatic heterocycles. The van der Waals surface area contributed by atoms with Gasteiger partial charge >= 0.3 is 0 Å². The number of ether oxygens (including phenoxy) is 1. The highest BCUT2D eigenvalue weighted by molar-refractivity contribution is 5.84. The molecule has 0 bridgehead atoms. The molecule has 32 heavy (non-hydrogen) atoms. The third kappa shape index (κ3) is 3.62. The minimum absolute atomic E-state index is 0.00313. The van der Waals surface area contributed by atoms with Crippen molar-refractivity contribution in [2.75, 3.05) is 7.11 Å². The average Bonchev–Trinajstić information content (AvgIpc) is 3.45. The molecule has 0 aliphatic carbocycles. The van der Waals surface area contributed by atoms with Gasteiger partial charge in [0.25, 0.3) is 5.91 Å². The van der Waals surface area contributed by atoms with E-state index in [1.54, 1.807) is 18.2 Å². The van der Waals surface area contributed by atoms with Gasteiger partial charge in [0, 0.05) is 12.4 Å². The third-order valence-electron chi connectivity index (χ3n) is 6.13. The van der Waals surface area contributed by atoms with E-state index in [9.17, 15) is 4.79 Å². The molecule has 2 atom stereocenters. The largest absolute Gasteiger partial charge is 0.496 e. The van der Waals surface area contributed by atoms with Crippen molar-refractivity contribution in [2.45, 2.75) is 38.9 Å². The maximum atomic E-state index is 13.2. The summed E-state index contributed by atoms with van der Waals surface area (Å²) in [5.41, 5.74) is 7.89. The fourth-order valence-electron chi connectivity index (χ4n) is 4.17. The quantitative estimate of drug-likeness (QED) is 0.662. The predicted molar refractivity (Wildman–Crippen MR) is 118 cm³/mol. The van der Waals surface area contributed by atoms with Crippen molar-refractivity contribution in [1.82, 2.24) is 25.5 Å². The molecule has 2 aliphatic heterocycles. The van der Waals surface area contributed by atoms with Crippen molar-refractivity contribution < 1.29 is 14.1 Å². The van der Waals surface area contributed by atoms with E-state index in [0.717, 1.165) is 5.56 Å².